The van der Waals surface area contributed by atoms with Gasteiger partial charge >= 0.3 is 0 Å². The van der Waals surface area contributed by atoms with E-state index in [0.29, 0.717) is 18.8 Å². The fraction of sp³-hybridized carbons (Fsp3) is 0.476. The Kier molecular flexibility index (Phi) is 6.85. The highest BCUT2D eigenvalue weighted by Crippen LogP contribution is 2.36. The predicted molar refractivity (Wildman–Crippen MR) is 121 cm³/mol. The first-order valence-electron chi connectivity index (χ1n) is 10.4. The van der Waals surface area contributed by atoms with Crippen LogP contribution in [-0.4, -0.2) is 53.0 Å². The number of nitrogens with one attached hydrogen (secondary N) is 1. The molecule has 3 rings (SSSR count). The molecule has 0 saturated carbocycles. The SMILES string of the molecule is CCN(CC)C(CNS(=O)(=O)c1ccc(N2C(=O)C(C)(C)CS2(=O)=O)cc1)c1ccco1. The van der Waals surface area contributed by atoms with Crippen LogP contribution in [0.15, 0.2) is 52.0 Å². The quantitative estimate of drug-likeness (QED) is 0.582. The van der Waals surface area contributed by atoms with Crippen molar-refractivity contribution in [2.75, 3.05) is 29.7 Å². The molecule has 1 aromatic heterocycles. The Morgan fingerprint density at radius 2 is 1.78 bits per heavy atom. The first-order valence-corrected chi connectivity index (χ1v) is 13.5. The average Bonchev–Trinajstić information content (AvgIpc) is 3.30. The standard InChI is InChI=1S/C21H29N3O6S2/c1-5-23(6-2)18(19-8-7-13-30-19)14-22-32(28,29)17-11-9-16(10-12-17)24-20(25)21(3,4)15-31(24,26)27/h7-13,18,22H,5-6,14-15H2,1-4H3. The Labute approximate surface area is 189 Å². The van der Waals surface area contributed by atoms with Crippen molar-refractivity contribution in [2.45, 2.75) is 38.6 Å². The Bertz CT molecular complexity index is 1150. The number of hydrogen-bond donors (Lipinski definition) is 1. The normalized spacial score (nSPS) is 18.9. The van der Waals surface area contributed by atoms with Gasteiger partial charge in [-0.2, -0.15) is 0 Å². The molecular weight excluding hydrogens is 454 g/mol. The number of sulfonamides is 2. The lowest BCUT2D eigenvalue weighted by Crippen LogP contribution is -2.38. The molecule has 1 aliphatic rings. The minimum atomic E-state index is -3.87. The Morgan fingerprint density at radius 3 is 2.25 bits per heavy atom. The third kappa shape index (κ3) is 4.75. The zero-order valence-corrected chi connectivity index (χ0v) is 20.2. The highest BCUT2D eigenvalue weighted by molar-refractivity contribution is 7.94. The molecule has 1 N–H and O–H groups in total. The van der Waals surface area contributed by atoms with Crippen molar-refractivity contribution in [1.82, 2.24) is 9.62 Å². The molecule has 1 aromatic carbocycles. The fourth-order valence-corrected chi connectivity index (χ4v) is 6.99. The summed E-state index contributed by atoms with van der Waals surface area (Å²) in [6.07, 6.45) is 1.55. The summed E-state index contributed by atoms with van der Waals surface area (Å²) >= 11 is 0. The molecule has 1 amide bonds. The zero-order valence-electron chi connectivity index (χ0n) is 18.6. The number of likely N-dealkylation sites (N-methyl/N-ethyl adjacent to an activating group) is 1. The number of carbonyl (C=O) groups excluding carboxylic acids is 1. The van der Waals surface area contributed by atoms with Crippen LogP contribution in [0.1, 0.15) is 39.5 Å². The monoisotopic (exact) mass is 483 g/mol. The molecule has 1 saturated heterocycles. The van der Waals surface area contributed by atoms with E-state index in [1.165, 1.54) is 24.3 Å². The number of anilines is 1. The molecule has 176 valence electrons. The summed E-state index contributed by atoms with van der Waals surface area (Å²) in [5.74, 6) is -0.168. The molecule has 1 aliphatic heterocycles. The molecule has 32 heavy (non-hydrogen) atoms. The van der Waals surface area contributed by atoms with Crippen LogP contribution in [0.2, 0.25) is 0 Å². The van der Waals surface area contributed by atoms with Crippen molar-refractivity contribution < 1.29 is 26.0 Å². The topological polar surface area (TPSA) is 117 Å². The van der Waals surface area contributed by atoms with Gasteiger partial charge in [-0.25, -0.2) is 25.9 Å². The number of hydrogen-bond acceptors (Lipinski definition) is 7. The molecule has 2 heterocycles. The molecule has 0 radical (unpaired) electrons. The van der Waals surface area contributed by atoms with Gasteiger partial charge in [0.25, 0.3) is 0 Å². The lowest BCUT2D eigenvalue weighted by Gasteiger charge is -2.28. The average molecular weight is 484 g/mol. The van der Waals surface area contributed by atoms with Crippen molar-refractivity contribution >= 4 is 31.6 Å². The van der Waals surface area contributed by atoms with Gasteiger partial charge in [0.1, 0.15) is 5.76 Å². The van der Waals surface area contributed by atoms with Gasteiger partial charge in [0, 0.05) is 6.54 Å². The number of carbonyl (C=O) groups is 1. The van der Waals surface area contributed by atoms with Crippen LogP contribution in [0.4, 0.5) is 5.69 Å². The summed E-state index contributed by atoms with van der Waals surface area (Å²) in [5, 5.41) is 0. The highest BCUT2D eigenvalue weighted by atomic mass is 32.2. The van der Waals surface area contributed by atoms with Gasteiger partial charge in [-0.3, -0.25) is 9.69 Å². The lowest BCUT2D eigenvalue weighted by molar-refractivity contribution is -0.123. The third-order valence-corrected chi connectivity index (χ3v) is 9.02. The van der Waals surface area contributed by atoms with E-state index in [0.717, 1.165) is 4.31 Å². The third-order valence-electron chi connectivity index (χ3n) is 5.56. The van der Waals surface area contributed by atoms with Crippen molar-refractivity contribution in [3.8, 4) is 0 Å². The summed E-state index contributed by atoms with van der Waals surface area (Å²) in [7, 11) is -7.68. The summed E-state index contributed by atoms with van der Waals surface area (Å²) in [6.45, 7) is 8.65. The second kappa shape index (κ2) is 8.97. The van der Waals surface area contributed by atoms with Gasteiger partial charge in [-0.1, -0.05) is 13.8 Å². The number of furan rings is 1. The van der Waals surface area contributed by atoms with Crippen LogP contribution in [0.3, 0.4) is 0 Å². The summed E-state index contributed by atoms with van der Waals surface area (Å²) in [4.78, 5) is 14.6. The van der Waals surface area contributed by atoms with Crippen LogP contribution < -0.4 is 9.03 Å². The van der Waals surface area contributed by atoms with E-state index >= 15 is 0 Å². The van der Waals surface area contributed by atoms with Gasteiger partial charge in [-0.15, -0.1) is 0 Å². The van der Waals surface area contributed by atoms with Gasteiger partial charge in [0.2, 0.25) is 26.0 Å². The molecule has 11 heteroatoms. The molecule has 2 aromatic rings. The van der Waals surface area contributed by atoms with E-state index in [9.17, 15) is 21.6 Å². The van der Waals surface area contributed by atoms with Crippen LogP contribution in [-0.2, 0) is 24.8 Å². The van der Waals surface area contributed by atoms with Gasteiger partial charge in [0.05, 0.1) is 34.1 Å². The van der Waals surface area contributed by atoms with Crippen LogP contribution in [0.5, 0.6) is 0 Å². The molecule has 1 fully saturated rings. The molecule has 9 nitrogen and oxygen atoms in total. The smallest absolute Gasteiger partial charge is 0.247 e. The van der Waals surface area contributed by atoms with E-state index < -0.39 is 31.4 Å². The molecule has 1 atom stereocenters. The summed E-state index contributed by atoms with van der Waals surface area (Å²) in [6, 6.07) is 8.55. The van der Waals surface area contributed by atoms with Crippen molar-refractivity contribution in [3.63, 3.8) is 0 Å². The van der Waals surface area contributed by atoms with Crippen molar-refractivity contribution in [1.29, 1.82) is 0 Å². The van der Waals surface area contributed by atoms with Crippen LogP contribution >= 0.6 is 0 Å². The highest BCUT2D eigenvalue weighted by Gasteiger charge is 2.49. The molecule has 0 spiro atoms. The molecule has 1 unspecified atom stereocenters. The minimum Gasteiger partial charge on any atom is -0.468 e. The van der Waals surface area contributed by atoms with E-state index in [1.54, 1.807) is 32.2 Å². The Hall–Kier alpha value is -2.21. The van der Waals surface area contributed by atoms with E-state index in [1.807, 2.05) is 13.8 Å². The Balaban J connectivity index is 1.80. The van der Waals surface area contributed by atoms with Crippen LogP contribution in [0, 0.1) is 5.41 Å². The maximum atomic E-state index is 12.9. The number of nitrogens with zero attached hydrogens (tertiary/aromatic N) is 2. The van der Waals surface area contributed by atoms with Gasteiger partial charge < -0.3 is 4.42 Å². The lowest BCUT2D eigenvalue weighted by atomic mass is 9.95. The molecule has 0 aliphatic carbocycles. The first-order chi connectivity index (χ1) is 14.9. The second-order valence-corrected chi connectivity index (χ2v) is 11.9. The number of rotatable bonds is 9. The fourth-order valence-electron chi connectivity index (χ4n) is 3.85. The molecule has 0 bridgehead atoms. The first kappa shape index (κ1) is 24.4. The Morgan fingerprint density at radius 1 is 1.16 bits per heavy atom. The number of amides is 1. The number of benzene rings is 1. The summed E-state index contributed by atoms with van der Waals surface area (Å²) in [5.41, 5.74) is -0.910. The van der Waals surface area contributed by atoms with E-state index in [4.69, 9.17) is 4.42 Å². The van der Waals surface area contributed by atoms with Gasteiger partial charge in [-0.05, 0) is 63.3 Å². The maximum absolute atomic E-state index is 12.9. The molecular formula is C21H29N3O6S2. The van der Waals surface area contributed by atoms with Crippen molar-refractivity contribution in [3.05, 3.63) is 48.4 Å². The van der Waals surface area contributed by atoms with E-state index in [-0.39, 0.29) is 28.9 Å². The predicted octanol–water partition coefficient (Wildman–Crippen LogP) is 2.34. The second-order valence-electron chi connectivity index (χ2n) is 8.31. The maximum Gasteiger partial charge on any atom is 0.247 e. The summed E-state index contributed by atoms with van der Waals surface area (Å²) < 4.78 is 59.5. The van der Waals surface area contributed by atoms with Crippen LogP contribution in [0.25, 0.3) is 0 Å². The largest absolute Gasteiger partial charge is 0.468 e. The van der Waals surface area contributed by atoms with Gasteiger partial charge in [0.15, 0.2) is 0 Å². The van der Waals surface area contributed by atoms with E-state index in [2.05, 4.69) is 9.62 Å². The zero-order chi connectivity index (χ0) is 23.7. The minimum absolute atomic E-state index is 0.0257. The van der Waals surface area contributed by atoms with Crippen molar-refractivity contribution in [2.24, 2.45) is 5.41 Å².